The van der Waals surface area contributed by atoms with Gasteiger partial charge in [0.2, 0.25) is 5.88 Å². The molecule has 0 saturated carbocycles. The molecule has 8 heteroatoms. The summed E-state index contributed by atoms with van der Waals surface area (Å²) in [4.78, 5) is 25.8. The number of ether oxygens (including phenoxy) is 2. The first-order valence-electron chi connectivity index (χ1n) is 9.95. The third-order valence-electron chi connectivity index (χ3n) is 4.73. The minimum atomic E-state index is -0.199. The Labute approximate surface area is 176 Å². The van der Waals surface area contributed by atoms with Crippen LogP contribution in [0.3, 0.4) is 0 Å². The fourth-order valence-electron chi connectivity index (χ4n) is 3.22. The number of pyridine rings is 2. The maximum Gasteiger partial charge on any atom is 0.274 e. The summed E-state index contributed by atoms with van der Waals surface area (Å²) in [5.41, 5.74) is 1.23. The fraction of sp³-hybridized carbons (Fsp3) is 0.476. The maximum absolute atomic E-state index is 13.3. The molecule has 0 unspecified atom stereocenters. The van der Waals surface area contributed by atoms with Crippen LogP contribution in [-0.2, 0) is 11.3 Å². The monoisotopic (exact) mass is 418 g/mol. The van der Waals surface area contributed by atoms with E-state index in [1.54, 1.807) is 29.4 Å². The maximum atomic E-state index is 13.3. The van der Waals surface area contributed by atoms with Crippen molar-refractivity contribution >= 4 is 17.5 Å². The lowest BCUT2D eigenvalue weighted by molar-refractivity contribution is 0.0355. The zero-order valence-electron chi connectivity index (χ0n) is 16.7. The van der Waals surface area contributed by atoms with Gasteiger partial charge in [-0.2, -0.15) is 0 Å². The summed E-state index contributed by atoms with van der Waals surface area (Å²) in [6.07, 6.45) is 4.32. The number of hydrogen-bond donors (Lipinski definition) is 0. The first-order chi connectivity index (χ1) is 14.2. The summed E-state index contributed by atoms with van der Waals surface area (Å²) in [5, 5.41) is 0.325. The highest BCUT2D eigenvalue weighted by Gasteiger charge is 2.22. The molecule has 3 rings (SSSR count). The molecule has 29 heavy (non-hydrogen) atoms. The Morgan fingerprint density at radius 1 is 1.24 bits per heavy atom. The van der Waals surface area contributed by atoms with Gasteiger partial charge in [0.25, 0.3) is 5.91 Å². The van der Waals surface area contributed by atoms with E-state index in [9.17, 15) is 4.79 Å². The van der Waals surface area contributed by atoms with Crippen LogP contribution in [0.5, 0.6) is 5.88 Å². The lowest BCUT2D eigenvalue weighted by Crippen LogP contribution is -2.39. The summed E-state index contributed by atoms with van der Waals surface area (Å²) < 4.78 is 10.8. The molecule has 1 saturated heterocycles. The van der Waals surface area contributed by atoms with Crippen molar-refractivity contribution in [2.45, 2.75) is 19.9 Å². The van der Waals surface area contributed by atoms with E-state index in [0.717, 1.165) is 44.8 Å². The zero-order chi connectivity index (χ0) is 20.5. The number of rotatable bonds is 9. The molecule has 0 spiro atoms. The van der Waals surface area contributed by atoms with E-state index in [0.29, 0.717) is 30.6 Å². The second-order valence-electron chi connectivity index (χ2n) is 6.80. The van der Waals surface area contributed by atoms with Crippen LogP contribution >= 0.6 is 11.6 Å². The molecule has 0 atom stereocenters. The van der Waals surface area contributed by atoms with Gasteiger partial charge in [0, 0.05) is 51.2 Å². The molecular weight excluding hydrogens is 392 g/mol. The number of aromatic nitrogens is 2. The molecule has 1 aliphatic heterocycles. The second kappa shape index (κ2) is 11.1. The quantitative estimate of drug-likeness (QED) is 0.623. The van der Waals surface area contributed by atoms with E-state index in [-0.39, 0.29) is 11.6 Å². The van der Waals surface area contributed by atoms with E-state index >= 15 is 0 Å². The van der Waals surface area contributed by atoms with Crippen molar-refractivity contribution in [1.29, 1.82) is 0 Å². The Balaban J connectivity index is 1.72. The summed E-state index contributed by atoms with van der Waals surface area (Å²) in [6, 6.07) is 7.15. The van der Waals surface area contributed by atoms with Gasteiger partial charge in [-0.1, -0.05) is 11.6 Å². The SMILES string of the molecule is CCOc1ccc(Cl)c(C(=O)N(CCCN2CCOCC2)Cc2ccncc2)n1. The molecule has 1 amide bonds. The minimum Gasteiger partial charge on any atom is -0.478 e. The van der Waals surface area contributed by atoms with Gasteiger partial charge in [0.15, 0.2) is 5.69 Å². The summed E-state index contributed by atoms with van der Waals surface area (Å²) in [7, 11) is 0. The molecule has 1 aliphatic rings. The number of carbonyl (C=O) groups excluding carboxylic acids is 1. The van der Waals surface area contributed by atoms with Crippen molar-refractivity contribution in [1.82, 2.24) is 19.8 Å². The third-order valence-corrected chi connectivity index (χ3v) is 5.04. The molecule has 0 radical (unpaired) electrons. The highest BCUT2D eigenvalue weighted by atomic mass is 35.5. The predicted octanol–water partition coefficient (Wildman–Crippen LogP) is 2.89. The van der Waals surface area contributed by atoms with Crippen molar-refractivity contribution in [2.24, 2.45) is 0 Å². The van der Waals surface area contributed by atoms with Gasteiger partial charge in [-0.3, -0.25) is 14.7 Å². The third kappa shape index (κ3) is 6.39. The number of carbonyl (C=O) groups is 1. The molecule has 3 heterocycles. The lowest BCUT2D eigenvalue weighted by atomic mass is 10.2. The largest absolute Gasteiger partial charge is 0.478 e. The van der Waals surface area contributed by atoms with Gasteiger partial charge in [-0.05, 0) is 37.1 Å². The van der Waals surface area contributed by atoms with Crippen LogP contribution in [0, 0.1) is 0 Å². The average Bonchev–Trinajstić information content (AvgIpc) is 2.75. The van der Waals surface area contributed by atoms with E-state index in [4.69, 9.17) is 21.1 Å². The lowest BCUT2D eigenvalue weighted by Gasteiger charge is -2.28. The molecule has 2 aromatic heterocycles. The van der Waals surface area contributed by atoms with Crippen LogP contribution < -0.4 is 4.74 Å². The van der Waals surface area contributed by atoms with Gasteiger partial charge < -0.3 is 14.4 Å². The molecule has 0 bridgehead atoms. The van der Waals surface area contributed by atoms with Crippen LogP contribution in [-0.4, -0.2) is 71.7 Å². The molecule has 0 N–H and O–H groups in total. The molecule has 7 nitrogen and oxygen atoms in total. The Morgan fingerprint density at radius 3 is 2.72 bits per heavy atom. The number of hydrogen-bond acceptors (Lipinski definition) is 6. The van der Waals surface area contributed by atoms with Gasteiger partial charge in [0.1, 0.15) is 0 Å². The van der Waals surface area contributed by atoms with E-state index in [2.05, 4.69) is 14.9 Å². The number of amides is 1. The van der Waals surface area contributed by atoms with E-state index < -0.39 is 0 Å². The molecule has 0 aliphatic carbocycles. The van der Waals surface area contributed by atoms with Crippen LogP contribution in [0.4, 0.5) is 0 Å². The van der Waals surface area contributed by atoms with Crippen molar-refractivity contribution in [3.05, 3.63) is 52.9 Å². The summed E-state index contributed by atoms with van der Waals surface area (Å²) in [5.74, 6) is 0.202. The molecule has 0 aromatic carbocycles. The Bertz CT molecular complexity index is 785. The first-order valence-corrected chi connectivity index (χ1v) is 10.3. The summed E-state index contributed by atoms with van der Waals surface area (Å²) in [6.45, 7) is 7.75. The van der Waals surface area contributed by atoms with Gasteiger partial charge in [-0.15, -0.1) is 0 Å². The van der Waals surface area contributed by atoms with Crippen molar-refractivity contribution in [3.8, 4) is 5.88 Å². The topological polar surface area (TPSA) is 67.8 Å². The second-order valence-corrected chi connectivity index (χ2v) is 7.21. The van der Waals surface area contributed by atoms with Crippen molar-refractivity contribution in [2.75, 3.05) is 46.0 Å². The van der Waals surface area contributed by atoms with Crippen molar-refractivity contribution in [3.63, 3.8) is 0 Å². The van der Waals surface area contributed by atoms with Gasteiger partial charge >= 0.3 is 0 Å². The van der Waals surface area contributed by atoms with E-state index in [1.165, 1.54) is 0 Å². The minimum absolute atomic E-state index is 0.199. The van der Waals surface area contributed by atoms with Crippen LogP contribution in [0.15, 0.2) is 36.7 Å². The summed E-state index contributed by atoms with van der Waals surface area (Å²) >= 11 is 6.30. The Morgan fingerprint density at radius 2 is 2.00 bits per heavy atom. The van der Waals surface area contributed by atoms with Crippen LogP contribution in [0.25, 0.3) is 0 Å². The molecular formula is C21H27ClN4O3. The normalized spacial score (nSPS) is 14.6. The van der Waals surface area contributed by atoms with Crippen LogP contribution in [0.2, 0.25) is 5.02 Å². The Kier molecular flexibility index (Phi) is 8.22. The highest BCUT2D eigenvalue weighted by molar-refractivity contribution is 6.33. The van der Waals surface area contributed by atoms with Crippen LogP contribution in [0.1, 0.15) is 29.4 Å². The smallest absolute Gasteiger partial charge is 0.274 e. The zero-order valence-corrected chi connectivity index (χ0v) is 17.5. The molecule has 1 fully saturated rings. The molecule has 2 aromatic rings. The first kappa shape index (κ1) is 21.5. The predicted molar refractivity (Wildman–Crippen MR) is 111 cm³/mol. The number of nitrogens with zero attached hydrogens (tertiary/aromatic N) is 4. The molecule has 156 valence electrons. The standard InChI is InChI=1S/C21H27ClN4O3/c1-2-29-19-5-4-18(22)20(24-19)21(27)26(16-17-6-8-23-9-7-17)11-3-10-25-12-14-28-15-13-25/h4-9H,2-3,10-16H2,1H3. The van der Waals surface area contributed by atoms with Gasteiger partial charge in [0.05, 0.1) is 24.8 Å². The highest BCUT2D eigenvalue weighted by Crippen LogP contribution is 2.21. The number of halogens is 1. The average molecular weight is 419 g/mol. The Hall–Kier alpha value is -2.22. The van der Waals surface area contributed by atoms with Crippen molar-refractivity contribution < 1.29 is 14.3 Å². The van der Waals surface area contributed by atoms with Gasteiger partial charge in [-0.25, -0.2) is 4.98 Å². The fourth-order valence-corrected chi connectivity index (χ4v) is 3.41. The number of morpholine rings is 1. The van der Waals surface area contributed by atoms with E-state index in [1.807, 2.05) is 19.1 Å².